The smallest absolute Gasteiger partial charge is 0.240 e. The van der Waals surface area contributed by atoms with Crippen molar-refractivity contribution in [2.24, 2.45) is 0 Å². The lowest BCUT2D eigenvalue weighted by atomic mass is 10.3. The van der Waals surface area contributed by atoms with Crippen LogP contribution >= 0.6 is 0 Å². The van der Waals surface area contributed by atoms with E-state index in [1.807, 2.05) is 13.1 Å². The van der Waals surface area contributed by atoms with Gasteiger partial charge in [0.15, 0.2) is 0 Å². The van der Waals surface area contributed by atoms with E-state index in [0.717, 1.165) is 11.3 Å². The third-order valence-electron chi connectivity index (χ3n) is 2.37. The minimum absolute atomic E-state index is 0.227. The number of benzene rings is 1. The van der Waals surface area contributed by atoms with Gasteiger partial charge in [-0.15, -0.1) is 0 Å². The molecule has 17 heavy (non-hydrogen) atoms. The summed E-state index contributed by atoms with van der Waals surface area (Å²) in [6, 6.07) is 6.63. The van der Waals surface area contributed by atoms with E-state index in [1.54, 1.807) is 35.1 Å². The molecule has 5 nitrogen and oxygen atoms in total. The molecule has 0 atom stereocenters. The lowest BCUT2D eigenvalue weighted by molar-refractivity contribution is 0.588. The molecule has 6 heteroatoms. The zero-order valence-electron chi connectivity index (χ0n) is 9.58. The van der Waals surface area contributed by atoms with Crippen molar-refractivity contribution >= 4 is 10.0 Å². The van der Waals surface area contributed by atoms with Crippen LogP contribution in [0.1, 0.15) is 5.56 Å². The molecule has 1 N–H and O–H groups in total. The maximum absolute atomic E-state index is 11.6. The van der Waals surface area contributed by atoms with Crippen LogP contribution in [0.25, 0.3) is 5.69 Å². The molecule has 1 aromatic carbocycles. The van der Waals surface area contributed by atoms with Crippen LogP contribution in [0.4, 0.5) is 0 Å². The molecule has 0 aliphatic heterocycles. The Hall–Kier alpha value is -1.66. The molecule has 0 aliphatic carbocycles. The van der Waals surface area contributed by atoms with Gasteiger partial charge in [0.2, 0.25) is 10.0 Å². The lowest BCUT2D eigenvalue weighted by Gasteiger charge is -2.05. The van der Waals surface area contributed by atoms with E-state index in [1.165, 1.54) is 7.05 Å². The molecule has 1 aromatic heterocycles. The van der Waals surface area contributed by atoms with Crippen LogP contribution in [0, 0.1) is 6.92 Å². The molecule has 0 saturated heterocycles. The average Bonchev–Trinajstić information content (AvgIpc) is 2.76. The predicted octanol–water partition coefficient (Wildman–Crippen LogP) is 1.09. The molecule has 0 spiro atoms. The second-order valence-corrected chi connectivity index (χ2v) is 5.55. The third kappa shape index (κ3) is 2.37. The summed E-state index contributed by atoms with van der Waals surface area (Å²) >= 11 is 0. The highest BCUT2D eigenvalue weighted by Crippen LogP contribution is 2.14. The summed E-state index contributed by atoms with van der Waals surface area (Å²) in [6.45, 7) is 1.93. The highest BCUT2D eigenvalue weighted by Gasteiger charge is 2.11. The quantitative estimate of drug-likeness (QED) is 0.888. The Morgan fingerprint density at radius 2 is 2.12 bits per heavy atom. The van der Waals surface area contributed by atoms with Crippen molar-refractivity contribution in [3.63, 3.8) is 0 Å². The van der Waals surface area contributed by atoms with Crippen molar-refractivity contribution in [3.8, 4) is 5.69 Å². The number of aryl methyl sites for hydroxylation is 1. The van der Waals surface area contributed by atoms with Gasteiger partial charge in [0.25, 0.3) is 0 Å². The molecular formula is C11H13N3O2S. The maximum atomic E-state index is 11.6. The molecular weight excluding hydrogens is 238 g/mol. The van der Waals surface area contributed by atoms with Crippen molar-refractivity contribution < 1.29 is 8.42 Å². The summed E-state index contributed by atoms with van der Waals surface area (Å²) in [7, 11) is -2.02. The van der Waals surface area contributed by atoms with Crippen LogP contribution in [-0.4, -0.2) is 25.2 Å². The topological polar surface area (TPSA) is 64.0 Å². The third-order valence-corrected chi connectivity index (χ3v) is 3.78. The van der Waals surface area contributed by atoms with Crippen LogP contribution in [0.3, 0.4) is 0 Å². The minimum atomic E-state index is -3.41. The normalized spacial score (nSPS) is 11.6. The first-order valence-corrected chi connectivity index (χ1v) is 6.56. The van der Waals surface area contributed by atoms with Crippen LogP contribution in [0.5, 0.6) is 0 Å². The Morgan fingerprint density at radius 1 is 1.35 bits per heavy atom. The molecule has 0 radical (unpaired) electrons. The summed E-state index contributed by atoms with van der Waals surface area (Å²) in [5.74, 6) is 0. The molecule has 0 amide bonds. The lowest BCUT2D eigenvalue weighted by Crippen LogP contribution is -2.18. The average molecular weight is 251 g/mol. The zero-order valence-corrected chi connectivity index (χ0v) is 10.4. The van der Waals surface area contributed by atoms with E-state index in [-0.39, 0.29) is 4.90 Å². The Kier molecular flexibility index (Phi) is 2.99. The number of nitrogens with zero attached hydrogens (tertiary/aromatic N) is 2. The highest BCUT2D eigenvalue weighted by molar-refractivity contribution is 7.89. The van der Waals surface area contributed by atoms with E-state index in [9.17, 15) is 8.42 Å². The van der Waals surface area contributed by atoms with Crippen molar-refractivity contribution in [1.29, 1.82) is 0 Å². The highest BCUT2D eigenvalue weighted by atomic mass is 32.2. The molecule has 90 valence electrons. The zero-order chi connectivity index (χ0) is 12.5. The van der Waals surface area contributed by atoms with Gasteiger partial charge in [0, 0.05) is 6.20 Å². The van der Waals surface area contributed by atoms with Gasteiger partial charge in [-0.25, -0.2) is 17.8 Å². The first kappa shape index (κ1) is 11.8. The van der Waals surface area contributed by atoms with Crippen molar-refractivity contribution in [3.05, 3.63) is 42.2 Å². The van der Waals surface area contributed by atoms with Crippen LogP contribution in [0.2, 0.25) is 0 Å². The van der Waals surface area contributed by atoms with Gasteiger partial charge in [-0.2, -0.15) is 5.10 Å². The Labute approximate surface area is 100 Å². The number of sulfonamides is 1. The van der Waals surface area contributed by atoms with E-state index in [4.69, 9.17) is 0 Å². The van der Waals surface area contributed by atoms with Crippen molar-refractivity contribution in [2.45, 2.75) is 11.8 Å². The fourth-order valence-electron chi connectivity index (χ4n) is 1.47. The fourth-order valence-corrected chi connectivity index (χ4v) is 2.23. The van der Waals surface area contributed by atoms with Gasteiger partial charge < -0.3 is 0 Å². The van der Waals surface area contributed by atoms with Crippen LogP contribution in [-0.2, 0) is 10.0 Å². The van der Waals surface area contributed by atoms with Gasteiger partial charge in [-0.3, -0.25) is 0 Å². The van der Waals surface area contributed by atoms with Gasteiger partial charge >= 0.3 is 0 Å². The van der Waals surface area contributed by atoms with Gasteiger partial charge in [-0.1, -0.05) is 6.07 Å². The Balaban J connectivity index is 2.49. The molecule has 0 unspecified atom stereocenters. The molecule has 2 aromatic rings. The molecule has 0 aliphatic rings. The standard InChI is InChI=1S/C11H13N3O2S/c1-9-7-13-14(8-9)10-4-3-5-11(6-10)17(15,16)12-2/h3-8,12H,1-2H3. The van der Waals surface area contributed by atoms with E-state index in [2.05, 4.69) is 9.82 Å². The fraction of sp³-hybridized carbons (Fsp3) is 0.182. The summed E-state index contributed by atoms with van der Waals surface area (Å²) in [5.41, 5.74) is 1.74. The predicted molar refractivity (Wildman–Crippen MR) is 64.5 cm³/mol. The molecule has 0 saturated carbocycles. The number of aromatic nitrogens is 2. The Morgan fingerprint density at radius 3 is 2.71 bits per heavy atom. The molecule has 0 fully saturated rings. The monoisotopic (exact) mass is 251 g/mol. The van der Waals surface area contributed by atoms with Crippen molar-refractivity contribution in [1.82, 2.24) is 14.5 Å². The SMILES string of the molecule is CNS(=O)(=O)c1cccc(-n2cc(C)cn2)c1. The molecule has 0 bridgehead atoms. The maximum Gasteiger partial charge on any atom is 0.240 e. The van der Waals surface area contributed by atoms with Gasteiger partial charge in [0.1, 0.15) is 0 Å². The number of hydrogen-bond acceptors (Lipinski definition) is 3. The van der Waals surface area contributed by atoms with E-state index in [0.29, 0.717) is 0 Å². The second-order valence-electron chi connectivity index (χ2n) is 3.67. The van der Waals surface area contributed by atoms with Crippen molar-refractivity contribution in [2.75, 3.05) is 7.05 Å². The number of rotatable bonds is 3. The largest absolute Gasteiger partial charge is 0.241 e. The number of hydrogen-bond donors (Lipinski definition) is 1. The van der Waals surface area contributed by atoms with Gasteiger partial charge in [0.05, 0.1) is 16.8 Å². The second kappa shape index (κ2) is 4.31. The number of nitrogens with one attached hydrogen (secondary N) is 1. The van der Waals surface area contributed by atoms with Crippen LogP contribution in [0.15, 0.2) is 41.6 Å². The van der Waals surface area contributed by atoms with Gasteiger partial charge in [-0.05, 0) is 37.7 Å². The first-order chi connectivity index (χ1) is 8.03. The minimum Gasteiger partial charge on any atom is -0.241 e. The van der Waals surface area contributed by atoms with Crippen LogP contribution < -0.4 is 4.72 Å². The summed E-state index contributed by atoms with van der Waals surface area (Å²) < 4.78 is 27.2. The Bertz CT molecular complexity index is 632. The summed E-state index contributed by atoms with van der Waals surface area (Å²) in [5, 5.41) is 4.14. The first-order valence-electron chi connectivity index (χ1n) is 5.08. The molecule has 2 rings (SSSR count). The van der Waals surface area contributed by atoms with E-state index < -0.39 is 10.0 Å². The summed E-state index contributed by atoms with van der Waals surface area (Å²) in [4.78, 5) is 0.227. The summed E-state index contributed by atoms with van der Waals surface area (Å²) in [6.07, 6.45) is 3.56. The molecule has 1 heterocycles. The van der Waals surface area contributed by atoms with E-state index >= 15 is 0 Å².